The monoisotopic (exact) mass is 349 g/mol. The highest BCUT2D eigenvalue weighted by molar-refractivity contribution is 5.89. The number of amides is 1. The first-order valence-corrected chi connectivity index (χ1v) is 9.05. The highest BCUT2D eigenvalue weighted by Gasteiger charge is 2.23. The minimum Gasteiger partial charge on any atom is -0.366 e. The van der Waals surface area contributed by atoms with Crippen LogP contribution in [-0.4, -0.2) is 44.7 Å². The number of nitrogens with one attached hydrogen (secondary N) is 1. The predicted octanol–water partition coefficient (Wildman–Crippen LogP) is 2.61. The lowest BCUT2D eigenvalue weighted by Crippen LogP contribution is -2.43. The molecule has 6 heteroatoms. The number of likely N-dealkylation sites (tertiary alicyclic amines) is 1. The van der Waals surface area contributed by atoms with Crippen molar-refractivity contribution in [2.24, 2.45) is 7.05 Å². The van der Waals surface area contributed by atoms with E-state index in [1.54, 1.807) is 6.20 Å². The molecule has 0 saturated carbocycles. The summed E-state index contributed by atoms with van der Waals surface area (Å²) in [4.78, 5) is 14.7. The number of benzene rings is 1. The lowest BCUT2D eigenvalue weighted by Gasteiger charge is -2.32. The molecule has 1 saturated heterocycles. The van der Waals surface area contributed by atoms with E-state index in [0.29, 0.717) is 12.5 Å². The Labute approximate surface area is 152 Å². The van der Waals surface area contributed by atoms with Gasteiger partial charge in [0.05, 0.1) is 6.42 Å². The third kappa shape index (κ3) is 3.40. The molecular weight excluding hydrogens is 326 g/mol. The van der Waals surface area contributed by atoms with Crippen molar-refractivity contribution in [3.8, 4) is 0 Å². The van der Waals surface area contributed by atoms with Gasteiger partial charge in [-0.3, -0.25) is 4.79 Å². The molecule has 134 valence electrons. The highest BCUT2D eigenvalue weighted by Crippen LogP contribution is 2.22. The first-order valence-electron chi connectivity index (χ1n) is 9.05. The van der Waals surface area contributed by atoms with E-state index in [2.05, 4.69) is 38.4 Å². The van der Waals surface area contributed by atoms with E-state index in [-0.39, 0.29) is 5.91 Å². The fourth-order valence-corrected chi connectivity index (χ4v) is 3.70. The Bertz CT molecular complexity index is 897. The number of piperidine rings is 1. The van der Waals surface area contributed by atoms with Gasteiger partial charge in [-0.1, -0.05) is 18.2 Å². The summed E-state index contributed by atoms with van der Waals surface area (Å²) in [7, 11) is 2.03. The van der Waals surface area contributed by atoms with Crippen LogP contribution in [0.2, 0.25) is 0 Å². The second-order valence-electron chi connectivity index (χ2n) is 6.87. The second-order valence-corrected chi connectivity index (χ2v) is 6.87. The van der Waals surface area contributed by atoms with E-state index >= 15 is 0 Å². The zero-order valence-corrected chi connectivity index (χ0v) is 14.9. The van der Waals surface area contributed by atoms with Crippen LogP contribution in [0.25, 0.3) is 10.9 Å². The van der Waals surface area contributed by atoms with Gasteiger partial charge in [0.2, 0.25) is 5.91 Å². The molecule has 1 aliphatic heterocycles. The molecule has 1 fully saturated rings. The summed E-state index contributed by atoms with van der Waals surface area (Å²) < 4.78 is 2.09. The third-order valence-electron chi connectivity index (χ3n) is 5.09. The number of para-hydroxylation sites is 1. The fraction of sp³-hybridized carbons (Fsp3) is 0.350. The van der Waals surface area contributed by atoms with Gasteiger partial charge in [-0.25, -0.2) is 0 Å². The Hall–Kier alpha value is -2.89. The highest BCUT2D eigenvalue weighted by atomic mass is 16.2. The number of carbonyl (C=O) groups is 1. The first kappa shape index (κ1) is 16.6. The molecule has 26 heavy (non-hydrogen) atoms. The predicted molar refractivity (Wildman–Crippen MR) is 102 cm³/mol. The number of nitrogens with zero attached hydrogens (tertiary/aromatic N) is 4. The molecule has 1 aliphatic rings. The summed E-state index contributed by atoms with van der Waals surface area (Å²) in [5, 5.41) is 12.5. The molecule has 3 aromatic rings. The van der Waals surface area contributed by atoms with E-state index in [9.17, 15) is 4.79 Å². The molecule has 2 aromatic heterocycles. The van der Waals surface area contributed by atoms with Crippen molar-refractivity contribution < 1.29 is 4.79 Å². The van der Waals surface area contributed by atoms with Gasteiger partial charge in [0, 0.05) is 49.5 Å². The molecule has 0 radical (unpaired) electrons. The summed E-state index contributed by atoms with van der Waals surface area (Å²) in [5.41, 5.74) is 2.27. The molecular formula is C20H23N5O. The van der Waals surface area contributed by atoms with Crippen molar-refractivity contribution in [3.05, 3.63) is 54.4 Å². The van der Waals surface area contributed by atoms with Gasteiger partial charge in [0.25, 0.3) is 0 Å². The first-order chi connectivity index (χ1) is 12.7. The number of hydrogen-bond donors (Lipinski definition) is 1. The van der Waals surface area contributed by atoms with E-state index in [4.69, 9.17) is 0 Å². The zero-order chi connectivity index (χ0) is 17.9. The summed E-state index contributed by atoms with van der Waals surface area (Å²) in [6, 6.07) is 12.4. The number of anilines is 1. The molecule has 1 N–H and O–H groups in total. The quantitative estimate of drug-likeness (QED) is 0.786. The van der Waals surface area contributed by atoms with Crippen LogP contribution in [0.3, 0.4) is 0 Å². The van der Waals surface area contributed by atoms with E-state index < -0.39 is 0 Å². The van der Waals surface area contributed by atoms with Crippen molar-refractivity contribution in [2.75, 3.05) is 18.4 Å². The van der Waals surface area contributed by atoms with Crippen molar-refractivity contribution in [1.29, 1.82) is 0 Å². The summed E-state index contributed by atoms with van der Waals surface area (Å²) >= 11 is 0. The maximum Gasteiger partial charge on any atom is 0.227 e. The zero-order valence-electron chi connectivity index (χ0n) is 14.9. The van der Waals surface area contributed by atoms with Gasteiger partial charge < -0.3 is 14.8 Å². The van der Waals surface area contributed by atoms with Crippen LogP contribution in [0, 0.1) is 0 Å². The summed E-state index contributed by atoms with van der Waals surface area (Å²) in [6.45, 7) is 1.56. The Morgan fingerprint density at radius 2 is 2.00 bits per heavy atom. The van der Waals surface area contributed by atoms with Crippen molar-refractivity contribution >= 4 is 22.6 Å². The lowest BCUT2D eigenvalue weighted by molar-refractivity contribution is -0.131. The molecule has 0 bridgehead atoms. The standard InChI is InChI=1S/C20H23N5O/c1-24-14-15(17-5-2-3-6-18(17)24)13-20(26)25-11-8-16(9-12-25)22-19-7-4-10-21-23-19/h2-7,10,14,16H,8-9,11-13H2,1H3,(H,22,23). The van der Waals surface area contributed by atoms with Crippen LogP contribution in [0.15, 0.2) is 48.8 Å². The van der Waals surface area contributed by atoms with Crippen LogP contribution in [0.4, 0.5) is 5.82 Å². The van der Waals surface area contributed by atoms with Crippen molar-refractivity contribution in [3.63, 3.8) is 0 Å². The number of rotatable bonds is 4. The molecule has 1 aromatic carbocycles. The molecule has 0 aliphatic carbocycles. The van der Waals surface area contributed by atoms with Gasteiger partial charge in [0.1, 0.15) is 5.82 Å². The van der Waals surface area contributed by atoms with Crippen LogP contribution < -0.4 is 5.32 Å². The van der Waals surface area contributed by atoms with Crippen molar-refractivity contribution in [1.82, 2.24) is 19.7 Å². The van der Waals surface area contributed by atoms with E-state index in [1.807, 2.05) is 36.2 Å². The second kappa shape index (κ2) is 7.15. The molecule has 0 unspecified atom stereocenters. The van der Waals surface area contributed by atoms with Crippen LogP contribution in [0.5, 0.6) is 0 Å². The average Bonchev–Trinajstić information content (AvgIpc) is 2.99. The molecule has 0 spiro atoms. The Morgan fingerprint density at radius 1 is 1.19 bits per heavy atom. The fourth-order valence-electron chi connectivity index (χ4n) is 3.70. The maximum atomic E-state index is 12.8. The topological polar surface area (TPSA) is 63.1 Å². The summed E-state index contributed by atoms with van der Waals surface area (Å²) in [5.74, 6) is 1.01. The maximum absolute atomic E-state index is 12.8. The average molecular weight is 349 g/mol. The van der Waals surface area contributed by atoms with Crippen LogP contribution in [-0.2, 0) is 18.3 Å². The SMILES string of the molecule is Cn1cc(CC(=O)N2CCC(Nc3cccnn3)CC2)c2ccccc21. The van der Waals surface area contributed by atoms with Crippen molar-refractivity contribution in [2.45, 2.75) is 25.3 Å². The van der Waals surface area contributed by atoms with Gasteiger partial charge in [-0.15, -0.1) is 5.10 Å². The normalized spacial score (nSPS) is 15.3. The van der Waals surface area contributed by atoms with Gasteiger partial charge in [-0.05, 0) is 36.6 Å². The lowest BCUT2D eigenvalue weighted by atomic mass is 10.0. The van der Waals surface area contributed by atoms with Gasteiger partial charge in [0.15, 0.2) is 0 Å². The number of hydrogen-bond acceptors (Lipinski definition) is 4. The Kier molecular flexibility index (Phi) is 4.56. The van der Waals surface area contributed by atoms with E-state index in [1.165, 1.54) is 10.9 Å². The molecule has 1 amide bonds. The van der Waals surface area contributed by atoms with Gasteiger partial charge >= 0.3 is 0 Å². The van der Waals surface area contributed by atoms with Crippen LogP contribution in [0.1, 0.15) is 18.4 Å². The number of carbonyl (C=O) groups excluding carboxylic acids is 1. The smallest absolute Gasteiger partial charge is 0.227 e. The van der Waals surface area contributed by atoms with Gasteiger partial charge in [-0.2, -0.15) is 5.10 Å². The molecule has 0 atom stereocenters. The van der Waals surface area contributed by atoms with Crippen LogP contribution >= 0.6 is 0 Å². The number of fused-ring (bicyclic) bond motifs is 1. The Balaban J connectivity index is 1.36. The van der Waals surface area contributed by atoms with E-state index in [0.717, 1.165) is 37.3 Å². The molecule has 6 nitrogen and oxygen atoms in total. The number of aryl methyl sites for hydroxylation is 1. The minimum atomic E-state index is 0.208. The number of aromatic nitrogens is 3. The minimum absolute atomic E-state index is 0.208. The summed E-state index contributed by atoms with van der Waals surface area (Å²) in [6.07, 6.45) is 6.06. The molecule has 3 heterocycles. The third-order valence-corrected chi connectivity index (χ3v) is 5.09. The Morgan fingerprint density at radius 3 is 2.77 bits per heavy atom. The molecule has 4 rings (SSSR count). The largest absolute Gasteiger partial charge is 0.366 e.